The Labute approximate surface area is 345 Å². The molecule has 3 nitrogen and oxygen atoms in total. The van der Waals surface area contributed by atoms with Crippen molar-refractivity contribution in [2.45, 2.75) is 19.3 Å². The summed E-state index contributed by atoms with van der Waals surface area (Å²) in [5.41, 5.74) is 15.9. The second-order valence-electron chi connectivity index (χ2n) is 15.8. The van der Waals surface area contributed by atoms with Gasteiger partial charge in [0.1, 0.15) is 0 Å². The third-order valence-corrected chi connectivity index (χ3v) is 11.9. The van der Waals surface area contributed by atoms with Crippen LogP contribution in [0.4, 0.5) is 0 Å². The zero-order valence-electron chi connectivity index (χ0n) is 33.0. The Kier molecular flexibility index (Phi) is 8.99. The third kappa shape index (κ3) is 6.57. The van der Waals surface area contributed by atoms with Crippen molar-refractivity contribution in [2.24, 2.45) is 4.99 Å². The van der Waals surface area contributed by atoms with E-state index in [0.717, 1.165) is 55.4 Å². The molecule has 0 amide bonds. The molecule has 1 N–H and O–H groups in total. The van der Waals surface area contributed by atoms with Gasteiger partial charge in [-0.3, -0.25) is 9.98 Å². The lowest BCUT2D eigenvalue weighted by Gasteiger charge is -2.22. The van der Waals surface area contributed by atoms with Crippen molar-refractivity contribution < 1.29 is 0 Å². The lowest BCUT2D eigenvalue weighted by Crippen LogP contribution is -2.15. The molecule has 1 aliphatic rings. The van der Waals surface area contributed by atoms with Crippen LogP contribution in [0.3, 0.4) is 0 Å². The molecule has 0 aliphatic heterocycles. The van der Waals surface area contributed by atoms with E-state index in [4.69, 9.17) is 4.99 Å². The van der Waals surface area contributed by atoms with Crippen LogP contribution in [0.25, 0.3) is 71.7 Å². The van der Waals surface area contributed by atoms with Crippen LogP contribution >= 0.6 is 0 Å². The molecular formula is C56H41N3. The van der Waals surface area contributed by atoms with Gasteiger partial charge in [-0.05, 0) is 108 Å². The molecule has 59 heavy (non-hydrogen) atoms. The van der Waals surface area contributed by atoms with Crippen molar-refractivity contribution in [2.75, 3.05) is 0 Å². The smallest absolute Gasteiger partial charge is 0.0729 e. The zero-order chi connectivity index (χ0) is 39.9. The molecule has 0 saturated heterocycles. The maximum Gasteiger partial charge on any atom is 0.0729 e. The van der Waals surface area contributed by atoms with E-state index >= 15 is 0 Å². The fourth-order valence-corrected chi connectivity index (χ4v) is 8.81. The molecule has 280 valence electrons. The monoisotopic (exact) mass is 755 g/mol. The van der Waals surface area contributed by atoms with Crippen LogP contribution in [-0.4, -0.2) is 16.9 Å². The highest BCUT2D eigenvalue weighted by atomic mass is 14.7. The van der Waals surface area contributed by atoms with Gasteiger partial charge in [0.2, 0.25) is 0 Å². The molecule has 9 aromatic rings. The highest BCUT2D eigenvalue weighted by Gasteiger charge is 2.36. The summed E-state index contributed by atoms with van der Waals surface area (Å²) < 4.78 is 0. The summed E-state index contributed by atoms with van der Waals surface area (Å²) in [6, 6.07) is 64.4. The van der Waals surface area contributed by atoms with Crippen molar-refractivity contribution in [3.63, 3.8) is 0 Å². The van der Waals surface area contributed by atoms with Crippen LogP contribution in [0.5, 0.6) is 0 Å². The van der Waals surface area contributed by atoms with Crippen LogP contribution in [0.15, 0.2) is 205 Å². The lowest BCUT2D eigenvalue weighted by atomic mass is 9.81. The van der Waals surface area contributed by atoms with E-state index in [-0.39, 0.29) is 5.41 Å². The highest BCUT2D eigenvalue weighted by Crippen LogP contribution is 2.52. The van der Waals surface area contributed by atoms with E-state index in [0.29, 0.717) is 5.71 Å². The highest BCUT2D eigenvalue weighted by molar-refractivity contribution is 6.13. The predicted molar refractivity (Wildman–Crippen MR) is 248 cm³/mol. The number of nitrogens with zero attached hydrogens (tertiary/aromatic N) is 2. The fraction of sp³-hybridized carbons (Fsp3) is 0.0536. The van der Waals surface area contributed by atoms with E-state index in [2.05, 4.69) is 140 Å². The number of aliphatic imine (C=N–C) groups is 1. The standard InChI is InChI=1S/C56H41N3/c1-56(2)51-29-25-38-15-6-7-21-46(38)55(51)50-26-24-41(33-52(50)56)39-16-10-18-42(31-39)45-27-28-49(48-23-9-8-22-47(45)48)54(59-35-37-13-4-3-5-14-37)34-53(57)43-19-11-17-40(32-43)44-20-12-30-58-36-44/h3-36,57H,1-2H3/b54-34-,57-53?,59-35?. The molecule has 10 rings (SSSR count). The van der Waals surface area contributed by atoms with Gasteiger partial charge in [0, 0.05) is 40.7 Å². The van der Waals surface area contributed by atoms with Gasteiger partial charge in [0.05, 0.1) is 11.4 Å². The zero-order valence-corrected chi connectivity index (χ0v) is 33.0. The van der Waals surface area contributed by atoms with E-state index in [1.807, 2.05) is 79.2 Å². The maximum absolute atomic E-state index is 9.32. The van der Waals surface area contributed by atoms with E-state index in [1.54, 1.807) is 6.20 Å². The largest absolute Gasteiger partial charge is 0.300 e. The second kappa shape index (κ2) is 14.8. The number of pyridine rings is 1. The van der Waals surface area contributed by atoms with Crippen molar-refractivity contribution in [1.82, 2.24) is 4.98 Å². The molecule has 0 unspecified atom stereocenters. The first-order valence-corrected chi connectivity index (χ1v) is 20.1. The quantitative estimate of drug-likeness (QED) is 0.154. The number of allylic oxidation sites excluding steroid dienone is 1. The molecule has 0 bridgehead atoms. The summed E-state index contributed by atoms with van der Waals surface area (Å²) >= 11 is 0. The minimum absolute atomic E-state index is 0.110. The van der Waals surface area contributed by atoms with E-state index < -0.39 is 0 Å². The van der Waals surface area contributed by atoms with Gasteiger partial charge in [0.25, 0.3) is 0 Å². The Hall–Kier alpha value is -7.49. The summed E-state index contributed by atoms with van der Waals surface area (Å²) in [4.78, 5) is 9.38. The maximum atomic E-state index is 9.32. The summed E-state index contributed by atoms with van der Waals surface area (Å²) in [7, 11) is 0. The molecule has 1 heterocycles. The van der Waals surface area contributed by atoms with Crippen LogP contribution in [0.2, 0.25) is 0 Å². The summed E-state index contributed by atoms with van der Waals surface area (Å²) in [5.74, 6) is 0. The number of hydrogen-bond acceptors (Lipinski definition) is 3. The first kappa shape index (κ1) is 35.9. The van der Waals surface area contributed by atoms with Gasteiger partial charge in [-0.15, -0.1) is 0 Å². The van der Waals surface area contributed by atoms with Gasteiger partial charge in [0.15, 0.2) is 0 Å². The van der Waals surface area contributed by atoms with Crippen LogP contribution in [-0.2, 0) is 5.41 Å². The van der Waals surface area contributed by atoms with Gasteiger partial charge in [-0.1, -0.05) is 172 Å². The number of nitrogens with one attached hydrogen (secondary N) is 1. The number of hydrogen-bond donors (Lipinski definition) is 1. The minimum atomic E-state index is -0.110. The van der Waals surface area contributed by atoms with Crippen molar-refractivity contribution in [1.29, 1.82) is 5.41 Å². The predicted octanol–water partition coefficient (Wildman–Crippen LogP) is 14.2. The first-order valence-electron chi connectivity index (χ1n) is 20.1. The number of rotatable bonds is 8. The molecule has 1 aliphatic carbocycles. The lowest BCUT2D eigenvalue weighted by molar-refractivity contribution is 0.661. The Bertz CT molecular complexity index is 3140. The molecule has 0 radical (unpaired) electrons. The molecule has 0 fully saturated rings. The fourth-order valence-electron chi connectivity index (χ4n) is 8.81. The van der Waals surface area contributed by atoms with Crippen molar-refractivity contribution in [3.05, 3.63) is 228 Å². The average molecular weight is 756 g/mol. The van der Waals surface area contributed by atoms with Crippen LogP contribution < -0.4 is 0 Å². The van der Waals surface area contributed by atoms with E-state index in [1.165, 1.54) is 44.2 Å². The van der Waals surface area contributed by atoms with Gasteiger partial charge >= 0.3 is 0 Å². The molecule has 0 spiro atoms. The Morgan fingerprint density at radius 3 is 2.07 bits per heavy atom. The van der Waals surface area contributed by atoms with Crippen molar-refractivity contribution >= 4 is 39.2 Å². The SMILES string of the molecule is CC1(C)c2cc(-c3cccc(-c4ccc(/C(=C/C(=N)c5cccc(-c6cccnc6)c5)N=Cc5ccccc5)c5ccccc45)c3)ccc2-c2c1ccc1ccccc21. The number of fused-ring (bicyclic) bond motifs is 6. The Balaban J connectivity index is 1.04. The molecule has 0 atom stereocenters. The Morgan fingerprint density at radius 2 is 1.24 bits per heavy atom. The van der Waals surface area contributed by atoms with Gasteiger partial charge in [-0.25, -0.2) is 0 Å². The summed E-state index contributed by atoms with van der Waals surface area (Å²) in [6.07, 6.45) is 7.40. The molecule has 0 saturated carbocycles. The number of benzene rings is 8. The van der Waals surface area contributed by atoms with Gasteiger partial charge < -0.3 is 5.41 Å². The van der Waals surface area contributed by atoms with Crippen LogP contribution in [0.1, 0.15) is 41.7 Å². The summed E-state index contributed by atoms with van der Waals surface area (Å²) in [5, 5.41) is 14.1. The van der Waals surface area contributed by atoms with Gasteiger partial charge in [-0.2, -0.15) is 0 Å². The topological polar surface area (TPSA) is 49.1 Å². The first-order chi connectivity index (χ1) is 28.9. The Morgan fingerprint density at radius 1 is 0.542 bits per heavy atom. The van der Waals surface area contributed by atoms with E-state index in [9.17, 15) is 5.41 Å². The normalized spacial score (nSPS) is 13.2. The van der Waals surface area contributed by atoms with Crippen LogP contribution in [0, 0.1) is 5.41 Å². The second-order valence-corrected chi connectivity index (χ2v) is 15.8. The molecule has 1 aromatic heterocycles. The molecule has 8 aromatic carbocycles. The molecule has 3 heteroatoms. The summed E-state index contributed by atoms with van der Waals surface area (Å²) in [6.45, 7) is 4.71. The third-order valence-electron chi connectivity index (χ3n) is 11.9. The average Bonchev–Trinajstić information content (AvgIpc) is 3.53. The minimum Gasteiger partial charge on any atom is -0.300 e. The number of aromatic nitrogens is 1. The molecular weight excluding hydrogens is 715 g/mol. The van der Waals surface area contributed by atoms with Crippen molar-refractivity contribution in [3.8, 4) is 44.5 Å².